The van der Waals surface area contributed by atoms with Crippen molar-refractivity contribution in [2.45, 2.75) is 51.5 Å². The average molecular weight is 361 g/mol. The molecule has 1 amide bonds. The topological polar surface area (TPSA) is 57.8 Å². The van der Waals surface area contributed by atoms with E-state index in [0.717, 1.165) is 23.3 Å². The van der Waals surface area contributed by atoms with E-state index in [1.165, 1.54) is 37.7 Å². The molecule has 0 saturated heterocycles. The maximum Gasteiger partial charge on any atom is 0.251 e. The Labute approximate surface area is 160 Å². The van der Waals surface area contributed by atoms with E-state index < -0.39 is 0 Å². The van der Waals surface area contributed by atoms with Gasteiger partial charge in [0.15, 0.2) is 0 Å². The Morgan fingerprint density at radius 2 is 1.93 bits per heavy atom. The van der Waals surface area contributed by atoms with Gasteiger partial charge in [-0.05, 0) is 49.4 Å². The number of amides is 1. The van der Waals surface area contributed by atoms with Gasteiger partial charge < -0.3 is 10.3 Å². The Balaban J connectivity index is 1.46. The number of carbonyl (C=O) groups is 1. The van der Waals surface area contributed by atoms with Crippen molar-refractivity contribution >= 4 is 16.9 Å². The molecule has 0 aliphatic heterocycles. The highest BCUT2D eigenvalue weighted by atomic mass is 16.1. The third-order valence-electron chi connectivity index (χ3n) is 5.72. The molecule has 2 aromatic carbocycles. The molecular weight excluding hydrogens is 334 g/mol. The molecular formula is C23H27N3O. The molecule has 3 aromatic rings. The van der Waals surface area contributed by atoms with Gasteiger partial charge >= 0.3 is 0 Å². The molecule has 0 radical (unpaired) electrons. The largest absolute Gasteiger partial charge is 0.349 e. The normalized spacial score (nSPS) is 16.3. The number of imidazole rings is 1. The van der Waals surface area contributed by atoms with Gasteiger partial charge in [-0.3, -0.25) is 4.79 Å². The zero-order valence-electron chi connectivity index (χ0n) is 15.9. The van der Waals surface area contributed by atoms with Crippen molar-refractivity contribution in [2.75, 3.05) is 0 Å². The highest BCUT2D eigenvalue weighted by molar-refractivity contribution is 5.97. The first-order valence-electron chi connectivity index (χ1n) is 10.0. The monoisotopic (exact) mass is 361 g/mol. The molecule has 2 N–H and O–H groups in total. The van der Waals surface area contributed by atoms with Gasteiger partial charge in [-0.25, -0.2) is 4.98 Å². The lowest BCUT2D eigenvalue weighted by atomic mass is 9.84. The minimum atomic E-state index is 0.00239. The van der Waals surface area contributed by atoms with Crippen LogP contribution in [0.5, 0.6) is 0 Å². The highest BCUT2D eigenvalue weighted by Gasteiger charge is 2.22. The summed E-state index contributed by atoms with van der Waals surface area (Å²) in [5, 5.41) is 3.20. The zero-order valence-corrected chi connectivity index (χ0v) is 15.9. The van der Waals surface area contributed by atoms with Gasteiger partial charge in [0.05, 0.1) is 11.0 Å². The molecule has 4 nitrogen and oxygen atoms in total. The zero-order chi connectivity index (χ0) is 18.6. The molecule has 1 unspecified atom stereocenters. The van der Waals surface area contributed by atoms with Crippen LogP contribution in [0.15, 0.2) is 48.5 Å². The Morgan fingerprint density at radius 1 is 1.15 bits per heavy atom. The van der Waals surface area contributed by atoms with Gasteiger partial charge in [-0.1, -0.05) is 49.6 Å². The number of benzene rings is 2. The van der Waals surface area contributed by atoms with E-state index in [9.17, 15) is 4.79 Å². The number of hydrogen-bond donors (Lipinski definition) is 2. The maximum absolute atomic E-state index is 12.7. The summed E-state index contributed by atoms with van der Waals surface area (Å²) in [5.74, 6) is 1.53. The summed E-state index contributed by atoms with van der Waals surface area (Å²) in [4.78, 5) is 20.7. The smallest absolute Gasteiger partial charge is 0.251 e. The lowest BCUT2D eigenvalue weighted by Gasteiger charge is -2.28. The predicted octanol–water partition coefficient (Wildman–Crippen LogP) is 4.85. The fourth-order valence-electron chi connectivity index (χ4n) is 4.11. The summed E-state index contributed by atoms with van der Waals surface area (Å²) >= 11 is 0. The fourth-order valence-corrected chi connectivity index (χ4v) is 4.11. The fraction of sp³-hybridized carbons (Fsp3) is 0.391. The quantitative estimate of drug-likeness (QED) is 0.682. The van der Waals surface area contributed by atoms with E-state index in [4.69, 9.17) is 0 Å². The molecule has 4 heteroatoms. The molecule has 1 saturated carbocycles. The Hall–Kier alpha value is -2.62. The van der Waals surface area contributed by atoms with Crippen LogP contribution in [0.2, 0.25) is 0 Å². The number of aromatic amines is 1. The van der Waals surface area contributed by atoms with Crippen molar-refractivity contribution < 1.29 is 4.79 Å². The van der Waals surface area contributed by atoms with Crippen LogP contribution in [-0.2, 0) is 6.42 Å². The molecule has 4 rings (SSSR count). The van der Waals surface area contributed by atoms with Crippen molar-refractivity contribution in [1.82, 2.24) is 15.3 Å². The van der Waals surface area contributed by atoms with Crippen LogP contribution in [0.25, 0.3) is 11.0 Å². The Morgan fingerprint density at radius 3 is 2.70 bits per heavy atom. The highest BCUT2D eigenvalue weighted by Crippen LogP contribution is 2.26. The second-order valence-corrected chi connectivity index (χ2v) is 7.74. The van der Waals surface area contributed by atoms with Crippen molar-refractivity contribution in [3.63, 3.8) is 0 Å². The number of carbonyl (C=O) groups excluding carboxylic acids is 1. The van der Waals surface area contributed by atoms with Crippen LogP contribution in [0, 0.1) is 5.92 Å². The number of H-pyrrole nitrogens is 1. The number of hydrogen-bond acceptors (Lipinski definition) is 2. The molecule has 140 valence electrons. The van der Waals surface area contributed by atoms with Crippen molar-refractivity contribution in [2.24, 2.45) is 5.92 Å². The predicted molar refractivity (Wildman–Crippen MR) is 109 cm³/mol. The minimum Gasteiger partial charge on any atom is -0.349 e. The standard InChI is InChI=1S/C23H27N3O/c1-16(18-10-6-3-7-11-18)24-23(27)19-12-13-20-21(15-19)26-22(25-20)14-17-8-4-2-5-9-17/h2,4-5,8-9,12-13,15-16,18H,3,6-7,10-11,14H2,1H3,(H,24,27)(H,25,26). The van der Waals surface area contributed by atoms with E-state index in [-0.39, 0.29) is 11.9 Å². The van der Waals surface area contributed by atoms with Crippen molar-refractivity contribution in [3.8, 4) is 0 Å². The van der Waals surface area contributed by atoms with Crippen LogP contribution in [0.3, 0.4) is 0 Å². The second-order valence-electron chi connectivity index (χ2n) is 7.74. The number of aromatic nitrogens is 2. The Kier molecular flexibility index (Phi) is 5.23. The molecule has 1 heterocycles. The van der Waals surface area contributed by atoms with Crippen LogP contribution in [0.4, 0.5) is 0 Å². The molecule has 1 aliphatic rings. The number of nitrogens with zero attached hydrogens (tertiary/aromatic N) is 1. The van der Waals surface area contributed by atoms with E-state index in [1.807, 2.05) is 36.4 Å². The molecule has 0 bridgehead atoms. The molecule has 27 heavy (non-hydrogen) atoms. The summed E-state index contributed by atoms with van der Waals surface area (Å²) in [6.45, 7) is 2.14. The van der Waals surface area contributed by atoms with E-state index >= 15 is 0 Å². The first-order chi connectivity index (χ1) is 13.2. The van der Waals surface area contributed by atoms with Crippen LogP contribution < -0.4 is 5.32 Å². The van der Waals surface area contributed by atoms with Gasteiger partial charge in [0, 0.05) is 18.0 Å². The van der Waals surface area contributed by atoms with E-state index in [1.54, 1.807) is 0 Å². The third-order valence-corrected chi connectivity index (χ3v) is 5.72. The molecule has 1 aliphatic carbocycles. The van der Waals surface area contributed by atoms with Gasteiger partial charge in [0.1, 0.15) is 5.82 Å². The molecule has 1 fully saturated rings. The van der Waals surface area contributed by atoms with E-state index in [2.05, 4.69) is 34.3 Å². The summed E-state index contributed by atoms with van der Waals surface area (Å²) in [6, 6.07) is 16.2. The summed E-state index contributed by atoms with van der Waals surface area (Å²) < 4.78 is 0. The van der Waals surface area contributed by atoms with Gasteiger partial charge in [-0.15, -0.1) is 0 Å². The maximum atomic E-state index is 12.7. The molecule has 1 aromatic heterocycles. The lowest BCUT2D eigenvalue weighted by Crippen LogP contribution is -2.38. The van der Waals surface area contributed by atoms with Crippen LogP contribution >= 0.6 is 0 Å². The lowest BCUT2D eigenvalue weighted by molar-refractivity contribution is 0.0919. The molecule has 0 spiro atoms. The Bertz CT molecular complexity index is 910. The summed E-state index contributed by atoms with van der Waals surface area (Å²) in [7, 11) is 0. The SMILES string of the molecule is CC(NC(=O)c1ccc2[nH]c(Cc3ccccc3)nc2c1)C1CCCCC1. The van der Waals surface area contributed by atoms with Crippen molar-refractivity contribution in [3.05, 3.63) is 65.5 Å². The number of nitrogens with one attached hydrogen (secondary N) is 2. The second kappa shape index (κ2) is 7.95. The minimum absolute atomic E-state index is 0.00239. The van der Waals surface area contributed by atoms with E-state index in [0.29, 0.717) is 11.5 Å². The summed E-state index contributed by atoms with van der Waals surface area (Å²) in [6.07, 6.45) is 7.11. The number of fused-ring (bicyclic) bond motifs is 1. The third kappa shape index (κ3) is 4.21. The van der Waals surface area contributed by atoms with Crippen molar-refractivity contribution in [1.29, 1.82) is 0 Å². The van der Waals surface area contributed by atoms with Gasteiger partial charge in [0.2, 0.25) is 0 Å². The first-order valence-corrected chi connectivity index (χ1v) is 10.0. The first kappa shape index (κ1) is 17.8. The van der Waals surface area contributed by atoms with Crippen LogP contribution in [0.1, 0.15) is 60.8 Å². The number of rotatable bonds is 5. The van der Waals surface area contributed by atoms with Gasteiger partial charge in [0.25, 0.3) is 5.91 Å². The molecule has 1 atom stereocenters. The van der Waals surface area contributed by atoms with Crippen LogP contribution in [-0.4, -0.2) is 21.9 Å². The average Bonchev–Trinajstić information content (AvgIpc) is 3.10. The van der Waals surface area contributed by atoms with Gasteiger partial charge in [-0.2, -0.15) is 0 Å². The summed E-state index contributed by atoms with van der Waals surface area (Å²) in [5.41, 5.74) is 3.72.